The first kappa shape index (κ1) is 11.0. The molecular weight excluding hydrogens is 244 g/mol. The molecular formula is C11H9ClN2OS. The highest BCUT2D eigenvalue weighted by molar-refractivity contribution is 7.14. The fraction of sp³-hybridized carbons (Fsp3) is 0. The van der Waals surface area contributed by atoms with Gasteiger partial charge in [-0.25, -0.2) is 0 Å². The molecule has 0 atom stereocenters. The van der Waals surface area contributed by atoms with Crippen LogP contribution in [0.1, 0.15) is 10.4 Å². The number of nitrogens with one attached hydrogen (secondary N) is 1. The van der Waals surface area contributed by atoms with Crippen LogP contribution in [-0.2, 0) is 0 Å². The van der Waals surface area contributed by atoms with Crippen molar-refractivity contribution >= 4 is 39.5 Å². The van der Waals surface area contributed by atoms with Crippen molar-refractivity contribution in [3.8, 4) is 0 Å². The summed E-state index contributed by atoms with van der Waals surface area (Å²) < 4.78 is 0. The molecule has 0 saturated carbocycles. The maximum Gasteiger partial charge on any atom is 0.258 e. The summed E-state index contributed by atoms with van der Waals surface area (Å²) in [6.07, 6.45) is 0. The quantitative estimate of drug-likeness (QED) is 0.862. The molecule has 0 aliphatic rings. The lowest BCUT2D eigenvalue weighted by Gasteiger charge is -2.06. The van der Waals surface area contributed by atoms with E-state index in [0.717, 1.165) is 0 Å². The van der Waals surface area contributed by atoms with Gasteiger partial charge < -0.3 is 11.1 Å². The summed E-state index contributed by atoms with van der Waals surface area (Å²) in [6.45, 7) is 0. The van der Waals surface area contributed by atoms with Crippen molar-refractivity contribution in [3.63, 3.8) is 0 Å². The molecule has 1 aromatic carbocycles. The van der Waals surface area contributed by atoms with E-state index in [2.05, 4.69) is 5.32 Å². The Labute approximate surface area is 102 Å². The van der Waals surface area contributed by atoms with Gasteiger partial charge in [0.2, 0.25) is 0 Å². The predicted octanol–water partition coefficient (Wildman–Crippen LogP) is 3.24. The summed E-state index contributed by atoms with van der Waals surface area (Å²) >= 11 is 7.26. The number of nitrogen functional groups attached to an aromatic ring is 1. The summed E-state index contributed by atoms with van der Waals surface area (Å²) in [5, 5.41) is 5.49. The van der Waals surface area contributed by atoms with Crippen LogP contribution >= 0.6 is 22.9 Å². The van der Waals surface area contributed by atoms with E-state index in [-0.39, 0.29) is 5.91 Å². The zero-order chi connectivity index (χ0) is 11.5. The molecule has 16 heavy (non-hydrogen) atoms. The van der Waals surface area contributed by atoms with Gasteiger partial charge in [0.05, 0.1) is 21.3 Å². The molecule has 1 aromatic heterocycles. The molecule has 3 nitrogen and oxygen atoms in total. The highest BCUT2D eigenvalue weighted by Crippen LogP contribution is 2.24. The second-order valence-electron chi connectivity index (χ2n) is 3.13. The van der Waals surface area contributed by atoms with Crippen LogP contribution in [0.4, 0.5) is 10.7 Å². The molecule has 82 valence electrons. The first-order valence-electron chi connectivity index (χ1n) is 4.57. The van der Waals surface area contributed by atoms with Crippen molar-refractivity contribution in [3.05, 3.63) is 46.3 Å². The zero-order valence-electron chi connectivity index (χ0n) is 8.24. The SMILES string of the molecule is Nc1sccc1C(=O)Nc1ccccc1Cl. The molecule has 1 amide bonds. The first-order valence-corrected chi connectivity index (χ1v) is 5.83. The molecule has 0 fully saturated rings. The Kier molecular flexibility index (Phi) is 3.12. The molecule has 0 bridgehead atoms. The number of rotatable bonds is 2. The van der Waals surface area contributed by atoms with Gasteiger partial charge in [-0.2, -0.15) is 0 Å². The highest BCUT2D eigenvalue weighted by atomic mass is 35.5. The van der Waals surface area contributed by atoms with Gasteiger partial charge in [-0.3, -0.25) is 4.79 Å². The van der Waals surface area contributed by atoms with Crippen molar-refractivity contribution in [2.24, 2.45) is 0 Å². The van der Waals surface area contributed by atoms with E-state index >= 15 is 0 Å². The molecule has 0 unspecified atom stereocenters. The maximum absolute atomic E-state index is 11.8. The summed E-state index contributed by atoms with van der Waals surface area (Å²) in [7, 11) is 0. The number of carbonyl (C=O) groups excluding carboxylic acids is 1. The van der Waals surface area contributed by atoms with E-state index < -0.39 is 0 Å². The molecule has 2 rings (SSSR count). The molecule has 0 aliphatic heterocycles. The van der Waals surface area contributed by atoms with Gasteiger partial charge in [0.15, 0.2) is 0 Å². The molecule has 1 heterocycles. The highest BCUT2D eigenvalue weighted by Gasteiger charge is 2.11. The minimum absolute atomic E-state index is 0.244. The van der Waals surface area contributed by atoms with Crippen LogP contribution in [0.15, 0.2) is 35.7 Å². The number of nitrogens with two attached hydrogens (primary N) is 1. The topological polar surface area (TPSA) is 55.1 Å². The number of thiophene rings is 1. The number of para-hydroxylation sites is 1. The molecule has 0 saturated heterocycles. The monoisotopic (exact) mass is 252 g/mol. The van der Waals surface area contributed by atoms with Crippen LogP contribution in [-0.4, -0.2) is 5.91 Å². The maximum atomic E-state index is 11.8. The fourth-order valence-corrected chi connectivity index (χ4v) is 2.08. The average molecular weight is 253 g/mol. The van der Waals surface area contributed by atoms with Gasteiger partial charge in [0.1, 0.15) is 0 Å². The molecule has 0 spiro atoms. The number of halogens is 1. The van der Waals surface area contributed by atoms with Crippen LogP contribution in [0.25, 0.3) is 0 Å². The number of hydrogen-bond donors (Lipinski definition) is 2. The van der Waals surface area contributed by atoms with E-state index in [1.807, 2.05) is 0 Å². The van der Waals surface area contributed by atoms with Crippen molar-refractivity contribution in [2.75, 3.05) is 11.1 Å². The first-order chi connectivity index (χ1) is 7.68. The second kappa shape index (κ2) is 4.55. The Morgan fingerprint density at radius 1 is 1.31 bits per heavy atom. The lowest BCUT2D eigenvalue weighted by Crippen LogP contribution is -2.12. The van der Waals surface area contributed by atoms with E-state index in [9.17, 15) is 4.79 Å². The Morgan fingerprint density at radius 2 is 2.06 bits per heavy atom. The summed E-state index contributed by atoms with van der Waals surface area (Å²) in [5.41, 5.74) is 6.72. The van der Waals surface area contributed by atoms with E-state index in [1.54, 1.807) is 35.7 Å². The lowest BCUT2D eigenvalue weighted by atomic mass is 10.2. The molecule has 0 aliphatic carbocycles. The van der Waals surface area contributed by atoms with E-state index in [1.165, 1.54) is 11.3 Å². The van der Waals surface area contributed by atoms with Gasteiger partial charge >= 0.3 is 0 Å². The van der Waals surface area contributed by atoms with Crippen LogP contribution in [0, 0.1) is 0 Å². The van der Waals surface area contributed by atoms with Crippen molar-refractivity contribution in [1.82, 2.24) is 0 Å². The third-order valence-electron chi connectivity index (χ3n) is 2.06. The Balaban J connectivity index is 2.21. The average Bonchev–Trinajstić information content (AvgIpc) is 2.68. The Hall–Kier alpha value is -1.52. The van der Waals surface area contributed by atoms with Crippen LogP contribution in [0.2, 0.25) is 5.02 Å². The molecule has 3 N–H and O–H groups in total. The zero-order valence-corrected chi connectivity index (χ0v) is 9.81. The number of carbonyl (C=O) groups is 1. The smallest absolute Gasteiger partial charge is 0.258 e. The summed E-state index contributed by atoms with van der Waals surface area (Å²) in [5.74, 6) is -0.244. The Morgan fingerprint density at radius 3 is 2.69 bits per heavy atom. The number of benzene rings is 1. The van der Waals surface area contributed by atoms with E-state index in [4.69, 9.17) is 17.3 Å². The standard InChI is InChI=1S/C11H9ClN2OS/c12-8-3-1-2-4-9(8)14-11(15)7-5-6-16-10(7)13/h1-6H,13H2,(H,14,15). The number of hydrogen-bond acceptors (Lipinski definition) is 3. The van der Waals surface area contributed by atoms with Crippen LogP contribution in [0.5, 0.6) is 0 Å². The van der Waals surface area contributed by atoms with Gasteiger partial charge in [0, 0.05) is 0 Å². The largest absolute Gasteiger partial charge is 0.390 e. The van der Waals surface area contributed by atoms with Crippen molar-refractivity contribution in [2.45, 2.75) is 0 Å². The van der Waals surface area contributed by atoms with Crippen molar-refractivity contribution in [1.29, 1.82) is 0 Å². The summed E-state index contributed by atoms with van der Waals surface area (Å²) in [6, 6.07) is 8.75. The third-order valence-corrected chi connectivity index (χ3v) is 3.14. The minimum atomic E-state index is -0.244. The fourth-order valence-electron chi connectivity index (χ4n) is 1.26. The van der Waals surface area contributed by atoms with Gasteiger partial charge in [0.25, 0.3) is 5.91 Å². The molecule has 5 heteroatoms. The number of anilines is 2. The number of amides is 1. The second-order valence-corrected chi connectivity index (χ2v) is 4.49. The third kappa shape index (κ3) is 2.18. The van der Waals surface area contributed by atoms with Crippen LogP contribution < -0.4 is 11.1 Å². The van der Waals surface area contributed by atoms with Gasteiger partial charge in [-0.05, 0) is 23.6 Å². The Bertz CT molecular complexity index is 524. The van der Waals surface area contributed by atoms with Gasteiger partial charge in [-0.15, -0.1) is 11.3 Å². The molecule has 0 radical (unpaired) electrons. The predicted molar refractivity (Wildman–Crippen MR) is 68.1 cm³/mol. The summed E-state index contributed by atoms with van der Waals surface area (Å²) in [4.78, 5) is 11.8. The van der Waals surface area contributed by atoms with Gasteiger partial charge in [-0.1, -0.05) is 23.7 Å². The lowest BCUT2D eigenvalue weighted by molar-refractivity contribution is 0.102. The van der Waals surface area contributed by atoms with E-state index in [0.29, 0.717) is 21.3 Å². The normalized spacial score (nSPS) is 10.1. The van der Waals surface area contributed by atoms with Crippen molar-refractivity contribution < 1.29 is 4.79 Å². The minimum Gasteiger partial charge on any atom is -0.390 e. The van der Waals surface area contributed by atoms with Crippen LogP contribution in [0.3, 0.4) is 0 Å². The molecule has 2 aromatic rings.